The summed E-state index contributed by atoms with van der Waals surface area (Å²) < 4.78 is 5.58. The van der Waals surface area contributed by atoms with Crippen molar-refractivity contribution in [3.63, 3.8) is 0 Å². The van der Waals surface area contributed by atoms with Gasteiger partial charge in [-0.3, -0.25) is 19.3 Å². The smallest absolute Gasteiger partial charge is 0.246 e. The molecule has 0 radical (unpaired) electrons. The number of piperidine rings is 1. The Balaban J connectivity index is 1.42. The summed E-state index contributed by atoms with van der Waals surface area (Å²) in [7, 11) is 0. The number of unbranched alkanes of at least 4 members (excludes halogenated alkanes) is 1. The zero-order chi connectivity index (χ0) is 26.8. The fraction of sp³-hybridized carbons (Fsp3) is 0.577. The number of hydrogen-bond acceptors (Lipinski definition) is 6. The number of primary amides is 1. The van der Waals surface area contributed by atoms with Crippen LogP contribution in [-0.4, -0.2) is 102 Å². The summed E-state index contributed by atoms with van der Waals surface area (Å²) in [6.07, 6.45) is 6.68. The molecule has 9 nitrogen and oxygen atoms in total. The largest absolute Gasteiger partial charge is 0.395 e. The molecule has 3 rings (SSSR count). The normalized spacial score (nSPS) is 21.4. The summed E-state index contributed by atoms with van der Waals surface area (Å²) in [5.74, 6) is -0.579. The van der Waals surface area contributed by atoms with Crippen molar-refractivity contribution in [1.82, 2.24) is 14.7 Å². The molecule has 37 heavy (non-hydrogen) atoms. The van der Waals surface area contributed by atoms with Gasteiger partial charge in [-0.05, 0) is 56.0 Å². The first kappa shape index (κ1) is 29.4. The lowest BCUT2D eigenvalue weighted by Crippen LogP contribution is -2.49. The summed E-state index contributed by atoms with van der Waals surface area (Å²) in [4.78, 5) is 42.0. The van der Waals surface area contributed by atoms with Crippen LogP contribution in [0, 0.1) is 0 Å². The molecule has 11 heteroatoms. The van der Waals surface area contributed by atoms with E-state index in [2.05, 4.69) is 4.90 Å². The number of carbonyl (C=O) groups is 3. The van der Waals surface area contributed by atoms with Crippen molar-refractivity contribution in [2.45, 2.75) is 44.2 Å². The molecule has 3 N–H and O–H groups in total. The van der Waals surface area contributed by atoms with Gasteiger partial charge in [-0.15, -0.1) is 0 Å². The summed E-state index contributed by atoms with van der Waals surface area (Å²) >= 11 is 12.0. The third-order valence-corrected chi connectivity index (χ3v) is 7.57. The average Bonchev–Trinajstić information content (AvgIpc) is 3.07. The second-order valence-electron chi connectivity index (χ2n) is 9.48. The number of ether oxygens (including phenoxy) is 1. The first-order valence-corrected chi connectivity index (χ1v) is 13.5. The minimum Gasteiger partial charge on any atom is -0.395 e. The highest BCUT2D eigenvalue weighted by molar-refractivity contribution is 6.42. The lowest BCUT2D eigenvalue weighted by atomic mass is 10.00. The molecule has 2 atom stereocenters. The molecule has 0 spiro atoms. The van der Waals surface area contributed by atoms with Gasteiger partial charge in [0.15, 0.2) is 0 Å². The van der Waals surface area contributed by atoms with Crippen molar-refractivity contribution in [2.24, 2.45) is 5.73 Å². The van der Waals surface area contributed by atoms with Crippen LogP contribution < -0.4 is 5.73 Å². The van der Waals surface area contributed by atoms with Gasteiger partial charge in [0.1, 0.15) is 6.61 Å². The van der Waals surface area contributed by atoms with Gasteiger partial charge in [0.2, 0.25) is 17.7 Å². The Bertz CT molecular complexity index is 976. The predicted molar refractivity (Wildman–Crippen MR) is 143 cm³/mol. The van der Waals surface area contributed by atoms with Crippen molar-refractivity contribution >= 4 is 47.0 Å². The maximum Gasteiger partial charge on any atom is 0.246 e. The number of likely N-dealkylation sites (tertiary alicyclic amines) is 1. The van der Waals surface area contributed by atoms with Crippen molar-refractivity contribution in [3.8, 4) is 0 Å². The highest BCUT2D eigenvalue weighted by atomic mass is 35.5. The Kier molecular flexibility index (Phi) is 11.7. The summed E-state index contributed by atoms with van der Waals surface area (Å²) in [5, 5.41) is 10.6. The average molecular weight is 556 g/mol. The maximum absolute atomic E-state index is 12.7. The van der Waals surface area contributed by atoms with Crippen molar-refractivity contribution in [1.29, 1.82) is 0 Å². The second-order valence-corrected chi connectivity index (χ2v) is 10.3. The molecular formula is C26H36Cl2N4O5. The quantitative estimate of drug-likeness (QED) is 0.320. The van der Waals surface area contributed by atoms with Crippen LogP contribution in [0.2, 0.25) is 10.0 Å². The van der Waals surface area contributed by atoms with Gasteiger partial charge in [0.25, 0.3) is 0 Å². The molecule has 3 amide bonds. The number of nitrogens with two attached hydrogens (primary N) is 1. The van der Waals surface area contributed by atoms with Crippen molar-refractivity contribution in [3.05, 3.63) is 39.9 Å². The Hall–Kier alpha value is -2.17. The maximum atomic E-state index is 12.7. The molecule has 0 saturated carbocycles. The molecule has 2 heterocycles. The fourth-order valence-corrected chi connectivity index (χ4v) is 5.02. The van der Waals surface area contributed by atoms with Crippen LogP contribution in [0.3, 0.4) is 0 Å². The van der Waals surface area contributed by atoms with Gasteiger partial charge >= 0.3 is 0 Å². The zero-order valence-corrected chi connectivity index (χ0v) is 22.5. The van der Waals surface area contributed by atoms with E-state index in [-0.39, 0.29) is 37.2 Å². The third kappa shape index (κ3) is 9.26. The van der Waals surface area contributed by atoms with Gasteiger partial charge in [-0.2, -0.15) is 0 Å². The zero-order valence-electron chi connectivity index (χ0n) is 21.0. The number of halogens is 2. The Morgan fingerprint density at radius 2 is 1.89 bits per heavy atom. The van der Waals surface area contributed by atoms with Gasteiger partial charge in [-0.1, -0.05) is 29.3 Å². The van der Waals surface area contributed by atoms with E-state index in [4.69, 9.17) is 33.7 Å². The van der Waals surface area contributed by atoms with Gasteiger partial charge in [0.05, 0.1) is 22.8 Å². The van der Waals surface area contributed by atoms with Crippen molar-refractivity contribution < 1.29 is 24.2 Å². The van der Waals surface area contributed by atoms with E-state index in [0.717, 1.165) is 37.8 Å². The molecule has 1 aromatic rings. The predicted octanol–water partition coefficient (Wildman–Crippen LogP) is 2.17. The number of benzene rings is 1. The standard InChI is InChI=1S/C26H36Cl2N4O5/c27-22-7-3-19(15-23(22)28)4-8-25(35)31-12-9-26(36)30(13-14-31)10-1-2-11-32-16-21(37-18-24(29)34)6-5-20(32)17-33/h3-4,7-8,15,20-21,33H,1-2,5-6,9-14,16-18H2,(H2,29,34)/b8-4+. The topological polar surface area (TPSA) is 116 Å². The van der Waals surface area contributed by atoms with Crippen molar-refractivity contribution in [2.75, 3.05) is 52.5 Å². The molecule has 1 aromatic carbocycles. The number of carbonyl (C=O) groups excluding carboxylic acids is 3. The van der Waals surface area contributed by atoms with Gasteiger partial charge in [-0.25, -0.2) is 0 Å². The van der Waals surface area contributed by atoms with E-state index in [1.165, 1.54) is 6.08 Å². The van der Waals surface area contributed by atoms with Crippen LogP contribution in [0.4, 0.5) is 0 Å². The first-order valence-electron chi connectivity index (χ1n) is 12.7. The highest BCUT2D eigenvalue weighted by Crippen LogP contribution is 2.23. The number of rotatable bonds is 11. The van der Waals surface area contributed by atoms with Crippen LogP contribution in [0.1, 0.15) is 37.7 Å². The second kappa shape index (κ2) is 14.7. The molecule has 0 aromatic heterocycles. The number of nitrogens with zero attached hydrogens (tertiary/aromatic N) is 3. The van der Waals surface area contributed by atoms with Crippen LogP contribution >= 0.6 is 23.2 Å². The Morgan fingerprint density at radius 3 is 2.62 bits per heavy atom. The molecule has 0 aliphatic carbocycles. The van der Waals surface area contributed by atoms with E-state index in [9.17, 15) is 19.5 Å². The fourth-order valence-electron chi connectivity index (χ4n) is 4.71. The van der Waals surface area contributed by atoms with E-state index in [0.29, 0.717) is 49.2 Å². The third-order valence-electron chi connectivity index (χ3n) is 6.83. The summed E-state index contributed by atoms with van der Waals surface area (Å²) in [6, 6.07) is 5.24. The first-order chi connectivity index (χ1) is 17.8. The summed E-state index contributed by atoms with van der Waals surface area (Å²) in [6.45, 7) is 3.39. The molecule has 2 unspecified atom stereocenters. The van der Waals surface area contributed by atoms with Gasteiger partial charge < -0.3 is 25.4 Å². The van der Waals surface area contributed by atoms with Crippen LogP contribution in [0.15, 0.2) is 24.3 Å². The minimum absolute atomic E-state index is 0.0508. The highest BCUT2D eigenvalue weighted by Gasteiger charge is 2.28. The van der Waals surface area contributed by atoms with E-state index in [1.807, 2.05) is 4.90 Å². The monoisotopic (exact) mass is 554 g/mol. The number of aliphatic hydroxyl groups excluding tert-OH is 1. The SMILES string of the molecule is NC(=O)COC1CCC(CO)N(CCCCN2CCN(C(=O)/C=C/c3ccc(Cl)c(Cl)c3)CCC2=O)C1. The Labute approximate surface area is 228 Å². The minimum atomic E-state index is -0.485. The molecule has 2 aliphatic heterocycles. The number of aliphatic hydroxyl groups is 1. The van der Waals surface area contributed by atoms with E-state index < -0.39 is 5.91 Å². The van der Waals surface area contributed by atoms with Crippen LogP contribution in [-0.2, 0) is 19.1 Å². The molecular weight excluding hydrogens is 519 g/mol. The van der Waals surface area contributed by atoms with E-state index >= 15 is 0 Å². The van der Waals surface area contributed by atoms with Crippen LogP contribution in [0.5, 0.6) is 0 Å². The molecule has 2 aliphatic rings. The van der Waals surface area contributed by atoms with E-state index in [1.54, 1.807) is 29.2 Å². The Morgan fingerprint density at radius 1 is 1.11 bits per heavy atom. The molecule has 204 valence electrons. The molecule has 2 saturated heterocycles. The molecule has 2 fully saturated rings. The number of amides is 3. The summed E-state index contributed by atoms with van der Waals surface area (Å²) in [5.41, 5.74) is 5.96. The van der Waals surface area contributed by atoms with Gasteiger partial charge in [0, 0.05) is 51.3 Å². The lowest BCUT2D eigenvalue weighted by Gasteiger charge is -2.38. The number of hydrogen-bond donors (Lipinski definition) is 2. The molecule has 0 bridgehead atoms. The lowest BCUT2D eigenvalue weighted by molar-refractivity contribution is -0.130. The van der Waals surface area contributed by atoms with Crippen LogP contribution in [0.25, 0.3) is 6.08 Å².